The molecule has 1 heterocycles. The first-order valence-corrected chi connectivity index (χ1v) is 5.94. The minimum Gasteiger partial charge on any atom is -0.306 e. The summed E-state index contributed by atoms with van der Waals surface area (Å²) < 4.78 is 0. The molecule has 1 aromatic heterocycles. The highest BCUT2D eigenvalue weighted by molar-refractivity contribution is 6.07. The first-order valence-electron chi connectivity index (χ1n) is 5.94. The van der Waals surface area contributed by atoms with Crippen LogP contribution in [0.1, 0.15) is 21.5 Å². The van der Waals surface area contributed by atoms with Gasteiger partial charge >= 0.3 is 0 Å². The van der Waals surface area contributed by atoms with E-state index in [9.17, 15) is 14.9 Å². The summed E-state index contributed by atoms with van der Waals surface area (Å²) in [6.45, 7) is 1.62. The van der Waals surface area contributed by atoms with Crippen LogP contribution in [0.5, 0.6) is 0 Å². The molecule has 0 saturated carbocycles. The van der Waals surface area contributed by atoms with E-state index in [0.717, 1.165) is 0 Å². The van der Waals surface area contributed by atoms with Crippen molar-refractivity contribution < 1.29 is 9.72 Å². The number of nitriles is 1. The lowest BCUT2D eigenvalue weighted by molar-refractivity contribution is -0.385. The summed E-state index contributed by atoms with van der Waals surface area (Å²) in [5.74, 6) is -0.395. The second-order valence-corrected chi connectivity index (χ2v) is 4.22. The number of nitro groups is 1. The van der Waals surface area contributed by atoms with E-state index < -0.39 is 10.8 Å². The highest BCUT2D eigenvalue weighted by Gasteiger charge is 2.22. The molecule has 0 saturated heterocycles. The number of hydrogen-bond donors (Lipinski definition) is 1. The van der Waals surface area contributed by atoms with Crippen molar-refractivity contribution in [3.8, 4) is 6.07 Å². The van der Waals surface area contributed by atoms with Gasteiger partial charge in [-0.2, -0.15) is 5.26 Å². The standard InChI is InChI=1S/C14H10N4O3/c1-9-3-2-4-11(18(20)21)13(9)14(19)17-12-6-5-10(7-15)8-16-12/h2-6,8H,1H3,(H,16,17,19). The van der Waals surface area contributed by atoms with E-state index in [1.807, 2.05) is 6.07 Å². The van der Waals surface area contributed by atoms with Crippen molar-refractivity contribution in [3.63, 3.8) is 0 Å². The summed E-state index contributed by atoms with van der Waals surface area (Å²) in [5, 5.41) is 22.1. The van der Waals surface area contributed by atoms with Crippen LogP contribution in [0.4, 0.5) is 11.5 Å². The third-order valence-electron chi connectivity index (χ3n) is 2.81. The average Bonchev–Trinajstić information content (AvgIpc) is 2.47. The van der Waals surface area contributed by atoms with E-state index in [1.165, 1.54) is 30.5 Å². The van der Waals surface area contributed by atoms with Crippen LogP contribution in [0.25, 0.3) is 0 Å². The summed E-state index contributed by atoms with van der Waals surface area (Å²) in [4.78, 5) is 26.5. The topological polar surface area (TPSA) is 109 Å². The predicted molar refractivity (Wildman–Crippen MR) is 74.7 cm³/mol. The number of aryl methyl sites for hydroxylation is 1. The molecule has 0 aliphatic heterocycles. The van der Waals surface area contributed by atoms with Gasteiger partial charge in [-0.3, -0.25) is 14.9 Å². The highest BCUT2D eigenvalue weighted by Crippen LogP contribution is 2.22. The Balaban J connectivity index is 2.32. The molecule has 0 spiro atoms. The van der Waals surface area contributed by atoms with Gasteiger partial charge in [0.1, 0.15) is 17.5 Å². The van der Waals surface area contributed by atoms with Gasteiger partial charge in [-0.25, -0.2) is 4.98 Å². The molecule has 7 heteroatoms. The van der Waals surface area contributed by atoms with Crippen LogP contribution in [0, 0.1) is 28.4 Å². The summed E-state index contributed by atoms with van der Waals surface area (Å²) >= 11 is 0. The molecule has 7 nitrogen and oxygen atoms in total. The molecule has 1 aromatic carbocycles. The fraction of sp³-hybridized carbons (Fsp3) is 0.0714. The van der Waals surface area contributed by atoms with E-state index in [-0.39, 0.29) is 17.1 Å². The molecule has 0 bridgehead atoms. The van der Waals surface area contributed by atoms with Crippen LogP contribution in [0.2, 0.25) is 0 Å². The third kappa shape index (κ3) is 3.01. The van der Waals surface area contributed by atoms with Crippen molar-refractivity contribution in [2.75, 3.05) is 5.32 Å². The maximum atomic E-state index is 12.2. The Bertz CT molecular complexity index is 748. The monoisotopic (exact) mass is 282 g/mol. The Morgan fingerprint density at radius 3 is 2.71 bits per heavy atom. The molecule has 0 radical (unpaired) electrons. The summed E-state index contributed by atoms with van der Waals surface area (Å²) in [6, 6.07) is 9.27. The van der Waals surface area contributed by atoms with E-state index >= 15 is 0 Å². The lowest BCUT2D eigenvalue weighted by Gasteiger charge is -2.07. The van der Waals surface area contributed by atoms with Gasteiger partial charge in [-0.15, -0.1) is 0 Å². The summed E-state index contributed by atoms with van der Waals surface area (Å²) in [6.07, 6.45) is 1.31. The number of nitro benzene ring substituents is 1. The zero-order valence-corrected chi connectivity index (χ0v) is 11.0. The SMILES string of the molecule is Cc1cccc([N+](=O)[O-])c1C(=O)Nc1ccc(C#N)cn1. The average molecular weight is 282 g/mol. The molecular weight excluding hydrogens is 272 g/mol. The van der Waals surface area contributed by atoms with Gasteiger partial charge in [-0.1, -0.05) is 12.1 Å². The first-order chi connectivity index (χ1) is 10.0. The molecule has 21 heavy (non-hydrogen) atoms. The van der Waals surface area contributed by atoms with Gasteiger partial charge in [0.15, 0.2) is 0 Å². The maximum Gasteiger partial charge on any atom is 0.282 e. The maximum absolute atomic E-state index is 12.2. The van der Waals surface area contributed by atoms with Crippen molar-refractivity contribution in [2.45, 2.75) is 6.92 Å². The zero-order chi connectivity index (χ0) is 15.4. The van der Waals surface area contributed by atoms with E-state index in [1.54, 1.807) is 13.0 Å². The summed E-state index contributed by atoms with van der Waals surface area (Å²) in [5.41, 5.74) is 0.583. The number of amides is 1. The Kier molecular flexibility index (Phi) is 3.90. The predicted octanol–water partition coefficient (Wildman–Crippen LogP) is 2.42. The lowest BCUT2D eigenvalue weighted by atomic mass is 10.1. The number of hydrogen-bond acceptors (Lipinski definition) is 5. The van der Waals surface area contributed by atoms with Crippen LogP contribution in [-0.4, -0.2) is 15.8 Å². The smallest absolute Gasteiger partial charge is 0.282 e. The van der Waals surface area contributed by atoms with Gasteiger partial charge in [0.05, 0.1) is 10.5 Å². The van der Waals surface area contributed by atoms with Gasteiger partial charge < -0.3 is 5.32 Å². The quantitative estimate of drug-likeness (QED) is 0.686. The Labute approximate surface area is 120 Å². The van der Waals surface area contributed by atoms with Crippen molar-refractivity contribution in [1.29, 1.82) is 5.26 Å². The first kappa shape index (κ1) is 14.1. The number of carbonyl (C=O) groups excluding carboxylic acids is 1. The molecular formula is C14H10N4O3. The fourth-order valence-electron chi connectivity index (χ4n) is 1.81. The Hall–Kier alpha value is -3.27. The van der Waals surface area contributed by atoms with Gasteiger partial charge in [-0.05, 0) is 24.6 Å². The molecule has 0 atom stereocenters. The minimum absolute atomic E-state index is 0.00587. The fourth-order valence-corrected chi connectivity index (χ4v) is 1.81. The van der Waals surface area contributed by atoms with Crippen LogP contribution >= 0.6 is 0 Å². The normalized spacial score (nSPS) is 9.71. The molecule has 1 amide bonds. The molecule has 104 valence electrons. The number of pyridine rings is 1. The van der Waals surface area contributed by atoms with Gasteiger partial charge in [0.25, 0.3) is 11.6 Å². The summed E-state index contributed by atoms with van der Waals surface area (Å²) in [7, 11) is 0. The second kappa shape index (κ2) is 5.79. The van der Waals surface area contributed by atoms with Crippen molar-refractivity contribution >= 4 is 17.4 Å². The van der Waals surface area contributed by atoms with Crippen molar-refractivity contribution in [3.05, 3.63) is 63.3 Å². The van der Waals surface area contributed by atoms with Crippen LogP contribution < -0.4 is 5.32 Å². The number of carbonyl (C=O) groups is 1. The lowest BCUT2D eigenvalue weighted by Crippen LogP contribution is -2.16. The largest absolute Gasteiger partial charge is 0.306 e. The molecule has 2 rings (SSSR count). The third-order valence-corrected chi connectivity index (χ3v) is 2.81. The van der Waals surface area contributed by atoms with Crippen molar-refractivity contribution in [2.24, 2.45) is 0 Å². The molecule has 0 unspecified atom stereocenters. The molecule has 0 aliphatic rings. The molecule has 2 aromatic rings. The van der Waals surface area contributed by atoms with E-state index in [4.69, 9.17) is 5.26 Å². The van der Waals surface area contributed by atoms with Gasteiger partial charge in [0, 0.05) is 12.3 Å². The minimum atomic E-state index is -0.614. The Morgan fingerprint density at radius 1 is 1.38 bits per heavy atom. The number of nitrogens with zero attached hydrogens (tertiary/aromatic N) is 3. The van der Waals surface area contributed by atoms with E-state index in [2.05, 4.69) is 10.3 Å². The van der Waals surface area contributed by atoms with Gasteiger partial charge in [0.2, 0.25) is 0 Å². The number of aromatic nitrogens is 1. The Morgan fingerprint density at radius 2 is 2.14 bits per heavy atom. The number of rotatable bonds is 3. The zero-order valence-electron chi connectivity index (χ0n) is 11.0. The van der Waals surface area contributed by atoms with Crippen LogP contribution in [0.15, 0.2) is 36.5 Å². The van der Waals surface area contributed by atoms with E-state index in [0.29, 0.717) is 11.1 Å². The molecule has 1 N–H and O–H groups in total. The number of nitrogens with one attached hydrogen (secondary N) is 1. The van der Waals surface area contributed by atoms with Crippen LogP contribution in [-0.2, 0) is 0 Å². The number of benzene rings is 1. The van der Waals surface area contributed by atoms with Crippen molar-refractivity contribution in [1.82, 2.24) is 4.98 Å². The second-order valence-electron chi connectivity index (χ2n) is 4.22. The molecule has 0 aliphatic carbocycles. The highest BCUT2D eigenvalue weighted by atomic mass is 16.6. The molecule has 0 fully saturated rings. The van der Waals surface area contributed by atoms with Crippen LogP contribution in [0.3, 0.4) is 0 Å². The number of anilines is 1.